The van der Waals surface area contributed by atoms with Crippen molar-refractivity contribution in [3.63, 3.8) is 0 Å². The molecule has 108 valence electrons. The van der Waals surface area contributed by atoms with Gasteiger partial charge in [0.25, 0.3) is 5.91 Å². The number of carbonyl (C=O) groups excluding carboxylic acids is 1. The van der Waals surface area contributed by atoms with E-state index in [2.05, 4.69) is 21.3 Å². The van der Waals surface area contributed by atoms with Gasteiger partial charge in [0.2, 0.25) is 0 Å². The summed E-state index contributed by atoms with van der Waals surface area (Å²) in [5, 5.41) is 2.93. The Morgan fingerprint density at radius 3 is 2.81 bits per heavy atom. The molecule has 21 heavy (non-hydrogen) atoms. The number of nitrogens with zero attached hydrogens (tertiary/aromatic N) is 2. The lowest BCUT2D eigenvalue weighted by atomic mass is 10.2. The van der Waals surface area contributed by atoms with E-state index in [1.54, 1.807) is 24.5 Å². The van der Waals surface area contributed by atoms with Crippen LogP contribution in [-0.2, 0) is 6.54 Å². The summed E-state index contributed by atoms with van der Waals surface area (Å²) in [5.74, 6) is -0.124. The summed E-state index contributed by atoms with van der Waals surface area (Å²) in [7, 11) is 0. The molecule has 0 atom stereocenters. The van der Waals surface area contributed by atoms with Gasteiger partial charge in [0.05, 0.1) is 5.56 Å². The van der Waals surface area contributed by atoms with Gasteiger partial charge < -0.3 is 5.32 Å². The van der Waals surface area contributed by atoms with Gasteiger partial charge in [-0.3, -0.25) is 14.7 Å². The van der Waals surface area contributed by atoms with E-state index in [0.717, 1.165) is 12.2 Å². The van der Waals surface area contributed by atoms with Crippen molar-refractivity contribution in [2.45, 2.75) is 19.4 Å². The Hall–Kier alpha value is -2.20. The van der Waals surface area contributed by atoms with Gasteiger partial charge in [-0.25, -0.2) is 0 Å². The average molecular weight is 281 g/mol. The molecule has 2 heterocycles. The molecule has 1 aliphatic rings. The first kappa shape index (κ1) is 13.8. The zero-order valence-corrected chi connectivity index (χ0v) is 12.0. The van der Waals surface area contributed by atoms with E-state index in [1.807, 2.05) is 18.2 Å². The lowest BCUT2D eigenvalue weighted by molar-refractivity contribution is 0.102. The third kappa shape index (κ3) is 3.67. The maximum Gasteiger partial charge on any atom is 0.257 e. The molecule has 3 rings (SSSR count). The summed E-state index contributed by atoms with van der Waals surface area (Å²) in [6.45, 7) is 3.30. The number of pyridine rings is 1. The summed E-state index contributed by atoms with van der Waals surface area (Å²) >= 11 is 0. The number of likely N-dealkylation sites (tertiary alicyclic amines) is 1. The van der Waals surface area contributed by atoms with Gasteiger partial charge in [-0.2, -0.15) is 0 Å². The highest BCUT2D eigenvalue weighted by Crippen LogP contribution is 2.16. The minimum atomic E-state index is -0.124. The fourth-order valence-electron chi connectivity index (χ4n) is 2.65. The predicted octanol–water partition coefficient (Wildman–Crippen LogP) is 2.93. The molecule has 1 aromatic carbocycles. The van der Waals surface area contributed by atoms with Crippen LogP contribution < -0.4 is 5.32 Å². The fourth-order valence-corrected chi connectivity index (χ4v) is 2.65. The van der Waals surface area contributed by atoms with Crippen molar-refractivity contribution >= 4 is 11.6 Å². The summed E-state index contributed by atoms with van der Waals surface area (Å²) in [6, 6.07) is 11.6. The van der Waals surface area contributed by atoms with Gasteiger partial charge in [0.1, 0.15) is 0 Å². The monoisotopic (exact) mass is 281 g/mol. The first-order valence-electron chi connectivity index (χ1n) is 7.34. The maximum absolute atomic E-state index is 12.1. The van der Waals surface area contributed by atoms with Gasteiger partial charge >= 0.3 is 0 Å². The quantitative estimate of drug-likeness (QED) is 0.937. The molecule has 0 spiro atoms. The Labute approximate surface area is 124 Å². The number of rotatable bonds is 4. The van der Waals surface area contributed by atoms with Gasteiger partial charge in [-0.05, 0) is 55.8 Å². The molecule has 1 amide bonds. The Bertz CT molecular complexity index is 606. The van der Waals surface area contributed by atoms with Gasteiger partial charge in [0.15, 0.2) is 0 Å². The molecule has 0 unspecified atom stereocenters. The van der Waals surface area contributed by atoms with Crippen LogP contribution in [0.4, 0.5) is 5.69 Å². The molecule has 4 heteroatoms. The molecular weight excluding hydrogens is 262 g/mol. The normalized spacial score (nSPS) is 15.0. The van der Waals surface area contributed by atoms with E-state index in [4.69, 9.17) is 0 Å². The van der Waals surface area contributed by atoms with Crippen LogP contribution in [0.5, 0.6) is 0 Å². The number of amides is 1. The molecule has 4 nitrogen and oxygen atoms in total. The van der Waals surface area contributed by atoms with Crippen molar-refractivity contribution < 1.29 is 4.79 Å². The average Bonchev–Trinajstić information content (AvgIpc) is 3.01. The molecule has 1 aliphatic heterocycles. The SMILES string of the molecule is O=C(Nc1cccc(CN2CCCC2)c1)c1cccnc1. The Morgan fingerprint density at radius 2 is 2.05 bits per heavy atom. The number of aromatic nitrogens is 1. The van der Waals surface area contributed by atoms with Crippen molar-refractivity contribution in [3.8, 4) is 0 Å². The number of benzene rings is 1. The summed E-state index contributed by atoms with van der Waals surface area (Å²) < 4.78 is 0. The van der Waals surface area contributed by atoms with E-state index in [0.29, 0.717) is 5.56 Å². The molecule has 0 bridgehead atoms. The number of hydrogen-bond acceptors (Lipinski definition) is 3. The van der Waals surface area contributed by atoms with Crippen LogP contribution in [0.15, 0.2) is 48.8 Å². The van der Waals surface area contributed by atoms with Crippen molar-refractivity contribution in [1.29, 1.82) is 0 Å². The number of hydrogen-bond donors (Lipinski definition) is 1. The molecule has 1 saturated heterocycles. The van der Waals surface area contributed by atoms with E-state index < -0.39 is 0 Å². The third-order valence-electron chi connectivity index (χ3n) is 3.71. The number of nitrogens with one attached hydrogen (secondary N) is 1. The molecule has 0 aliphatic carbocycles. The zero-order valence-electron chi connectivity index (χ0n) is 12.0. The molecule has 1 N–H and O–H groups in total. The molecular formula is C17H19N3O. The molecule has 0 saturated carbocycles. The van der Waals surface area contributed by atoms with E-state index in [1.165, 1.54) is 31.5 Å². The van der Waals surface area contributed by atoms with Gasteiger partial charge in [-0.15, -0.1) is 0 Å². The summed E-state index contributed by atoms with van der Waals surface area (Å²) in [5.41, 5.74) is 2.64. The second-order valence-electron chi connectivity index (χ2n) is 5.38. The third-order valence-corrected chi connectivity index (χ3v) is 3.71. The van der Waals surface area contributed by atoms with E-state index in [-0.39, 0.29) is 5.91 Å². The van der Waals surface area contributed by atoms with Crippen molar-refractivity contribution in [2.75, 3.05) is 18.4 Å². The van der Waals surface area contributed by atoms with Crippen LogP contribution in [0.3, 0.4) is 0 Å². The van der Waals surface area contributed by atoms with Crippen molar-refractivity contribution in [1.82, 2.24) is 9.88 Å². The highest BCUT2D eigenvalue weighted by Gasteiger charge is 2.12. The minimum absolute atomic E-state index is 0.124. The van der Waals surface area contributed by atoms with Crippen LogP contribution >= 0.6 is 0 Å². The second kappa shape index (κ2) is 6.50. The van der Waals surface area contributed by atoms with Crippen LogP contribution in [0.25, 0.3) is 0 Å². The molecule has 0 radical (unpaired) electrons. The highest BCUT2D eigenvalue weighted by molar-refractivity contribution is 6.04. The first-order chi connectivity index (χ1) is 10.3. The summed E-state index contributed by atoms with van der Waals surface area (Å²) in [6.07, 6.45) is 5.81. The largest absolute Gasteiger partial charge is 0.322 e. The Balaban J connectivity index is 1.66. The number of carbonyl (C=O) groups is 1. The van der Waals surface area contributed by atoms with E-state index >= 15 is 0 Å². The lowest BCUT2D eigenvalue weighted by Crippen LogP contribution is -2.18. The van der Waals surface area contributed by atoms with Gasteiger partial charge in [0, 0.05) is 24.6 Å². The van der Waals surface area contributed by atoms with Crippen molar-refractivity contribution in [3.05, 3.63) is 59.9 Å². The number of anilines is 1. The fraction of sp³-hybridized carbons (Fsp3) is 0.294. The van der Waals surface area contributed by atoms with E-state index in [9.17, 15) is 4.79 Å². The molecule has 1 aromatic heterocycles. The topological polar surface area (TPSA) is 45.2 Å². The van der Waals surface area contributed by atoms with Crippen LogP contribution in [0, 0.1) is 0 Å². The van der Waals surface area contributed by atoms with Crippen molar-refractivity contribution in [2.24, 2.45) is 0 Å². The Kier molecular flexibility index (Phi) is 4.26. The summed E-state index contributed by atoms with van der Waals surface area (Å²) in [4.78, 5) is 18.5. The standard InChI is InChI=1S/C17H19N3O/c21-17(15-6-4-8-18-12-15)19-16-7-3-5-14(11-16)13-20-9-1-2-10-20/h3-8,11-12H,1-2,9-10,13H2,(H,19,21). The predicted molar refractivity (Wildman–Crippen MR) is 83.1 cm³/mol. The lowest BCUT2D eigenvalue weighted by Gasteiger charge is -2.15. The van der Waals surface area contributed by atoms with Crippen LogP contribution in [0.2, 0.25) is 0 Å². The van der Waals surface area contributed by atoms with Crippen LogP contribution in [-0.4, -0.2) is 28.9 Å². The molecule has 1 fully saturated rings. The zero-order chi connectivity index (χ0) is 14.5. The van der Waals surface area contributed by atoms with Gasteiger partial charge in [-0.1, -0.05) is 12.1 Å². The highest BCUT2D eigenvalue weighted by atomic mass is 16.1. The minimum Gasteiger partial charge on any atom is -0.322 e. The maximum atomic E-state index is 12.1. The molecule has 2 aromatic rings. The first-order valence-corrected chi connectivity index (χ1v) is 7.34. The second-order valence-corrected chi connectivity index (χ2v) is 5.38. The van der Waals surface area contributed by atoms with Crippen LogP contribution in [0.1, 0.15) is 28.8 Å². The Morgan fingerprint density at radius 1 is 1.19 bits per heavy atom. The smallest absolute Gasteiger partial charge is 0.257 e.